The highest BCUT2D eigenvalue weighted by molar-refractivity contribution is 6.07. The molecule has 2 atom stereocenters. The number of aliphatic hydroxyl groups is 1. The number of benzene rings is 2. The van der Waals surface area contributed by atoms with Crippen LogP contribution in [0.25, 0.3) is 0 Å². The monoisotopic (exact) mass is 368 g/mol. The number of rotatable bonds is 6. The molecule has 1 saturated heterocycles. The van der Waals surface area contributed by atoms with E-state index in [1.54, 1.807) is 19.1 Å². The SMILES string of the molecule is Cc1cc(C)cc(OCC(O)CN2C(=O)NC(C)(c3ccccc3)C2=O)c1. The normalized spacial score (nSPS) is 20.5. The molecule has 2 aromatic carbocycles. The maximum Gasteiger partial charge on any atom is 0.325 e. The van der Waals surface area contributed by atoms with Crippen LogP contribution >= 0.6 is 0 Å². The molecule has 0 spiro atoms. The van der Waals surface area contributed by atoms with Crippen molar-refractivity contribution in [2.24, 2.45) is 0 Å². The third kappa shape index (κ3) is 3.95. The van der Waals surface area contributed by atoms with Gasteiger partial charge < -0.3 is 15.2 Å². The molecule has 6 heteroatoms. The summed E-state index contributed by atoms with van der Waals surface area (Å²) in [5.74, 6) is 0.266. The summed E-state index contributed by atoms with van der Waals surface area (Å²) in [6.45, 7) is 5.46. The molecule has 3 amide bonds. The Balaban J connectivity index is 1.64. The highest BCUT2D eigenvalue weighted by Gasteiger charge is 2.49. The van der Waals surface area contributed by atoms with Crippen molar-refractivity contribution in [3.8, 4) is 5.75 Å². The van der Waals surface area contributed by atoms with Gasteiger partial charge in [0.05, 0.1) is 6.54 Å². The van der Waals surface area contributed by atoms with Crippen molar-refractivity contribution in [1.82, 2.24) is 10.2 Å². The number of imide groups is 1. The number of carbonyl (C=O) groups excluding carboxylic acids is 2. The Labute approximate surface area is 158 Å². The first-order valence-electron chi connectivity index (χ1n) is 8.88. The van der Waals surface area contributed by atoms with E-state index >= 15 is 0 Å². The van der Waals surface area contributed by atoms with E-state index in [2.05, 4.69) is 5.32 Å². The molecular weight excluding hydrogens is 344 g/mol. The minimum absolute atomic E-state index is 0.0119. The standard InChI is InChI=1S/C21H24N2O4/c1-14-9-15(2)11-18(10-14)27-13-17(24)12-23-19(25)21(3,22-20(23)26)16-7-5-4-6-8-16/h4-11,17,24H,12-13H2,1-3H3,(H,22,26). The van der Waals surface area contributed by atoms with Gasteiger partial charge in [0.25, 0.3) is 5.91 Å². The first-order valence-corrected chi connectivity index (χ1v) is 8.88. The van der Waals surface area contributed by atoms with Gasteiger partial charge in [0.1, 0.15) is 24.0 Å². The Bertz CT molecular complexity index is 832. The molecule has 1 heterocycles. The van der Waals surface area contributed by atoms with Gasteiger partial charge in [0.2, 0.25) is 0 Å². The topological polar surface area (TPSA) is 78.9 Å². The van der Waals surface area contributed by atoms with E-state index in [1.165, 1.54) is 0 Å². The van der Waals surface area contributed by atoms with Crippen LogP contribution in [0.15, 0.2) is 48.5 Å². The Morgan fingerprint density at radius 1 is 1.11 bits per heavy atom. The van der Waals surface area contributed by atoms with Crippen LogP contribution in [0.4, 0.5) is 4.79 Å². The first kappa shape index (κ1) is 18.9. The van der Waals surface area contributed by atoms with E-state index in [9.17, 15) is 14.7 Å². The Kier molecular flexibility index (Phi) is 5.19. The van der Waals surface area contributed by atoms with Crippen LogP contribution in [-0.4, -0.2) is 41.2 Å². The third-order valence-corrected chi connectivity index (χ3v) is 4.66. The number of aliphatic hydroxyl groups excluding tert-OH is 1. The van der Waals surface area contributed by atoms with E-state index in [-0.39, 0.29) is 19.1 Å². The van der Waals surface area contributed by atoms with Gasteiger partial charge in [-0.3, -0.25) is 9.69 Å². The molecule has 0 bridgehead atoms. The second-order valence-corrected chi connectivity index (χ2v) is 7.13. The van der Waals surface area contributed by atoms with Gasteiger partial charge in [0.15, 0.2) is 0 Å². The van der Waals surface area contributed by atoms with Gasteiger partial charge in [0, 0.05) is 0 Å². The average Bonchev–Trinajstić information content (AvgIpc) is 2.84. The fourth-order valence-corrected chi connectivity index (χ4v) is 3.30. The van der Waals surface area contributed by atoms with Gasteiger partial charge >= 0.3 is 6.03 Å². The fourth-order valence-electron chi connectivity index (χ4n) is 3.30. The quantitative estimate of drug-likeness (QED) is 0.768. The number of hydrogen-bond acceptors (Lipinski definition) is 4. The molecule has 0 aliphatic carbocycles. The Morgan fingerprint density at radius 2 is 1.74 bits per heavy atom. The summed E-state index contributed by atoms with van der Waals surface area (Å²) in [4.78, 5) is 26.2. The average molecular weight is 368 g/mol. The summed E-state index contributed by atoms with van der Waals surface area (Å²) in [5, 5.41) is 13.0. The molecule has 1 aliphatic heterocycles. The molecule has 2 unspecified atom stereocenters. The van der Waals surface area contributed by atoms with Crippen molar-refractivity contribution in [2.75, 3.05) is 13.2 Å². The summed E-state index contributed by atoms with van der Waals surface area (Å²) < 4.78 is 5.63. The summed E-state index contributed by atoms with van der Waals surface area (Å²) >= 11 is 0. The fraction of sp³-hybridized carbons (Fsp3) is 0.333. The lowest BCUT2D eigenvalue weighted by Gasteiger charge is -2.23. The lowest BCUT2D eigenvalue weighted by Crippen LogP contribution is -2.42. The van der Waals surface area contributed by atoms with E-state index in [0.717, 1.165) is 16.0 Å². The second kappa shape index (κ2) is 7.40. The number of β-amino-alcohol motifs (C(OH)–C–C–N with tert-alkyl or cyclic N) is 1. The zero-order valence-corrected chi connectivity index (χ0v) is 15.7. The van der Waals surface area contributed by atoms with E-state index in [4.69, 9.17) is 4.74 Å². The smallest absolute Gasteiger partial charge is 0.325 e. The molecule has 3 rings (SSSR count). The van der Waals surface area contributed by atoms with Crippen LogP contribution in [0.3, 0.4) is 0 Å². The van der Waals surface area contributed by atoms with Crippen molar-refractivity contribution >= 4 is 11.9 Å². The van der Waals surface area contributed by atoms with Crippen LogP contribution in [-0.2, 0) is 10.3 Å². The molecular formula is C21H24N2O4. The molecule has 0 radical (unpaired) electrons. The van der Waals surface area contributed by atoms with Crippen LogP contribution in [0.1, 0.15) is 23.6 Å². The largest absolute Gasteiger partial charge is 0.491 e. The molecule has 1 fully saturated rings. The predicted molar refractivity (Wildman–Crippen MR) is 101 cm³/mol. The minimum atomic E-state index is -1.13. The maximum absolute atomic E-state index is 12.8. The summed E-state index contributed by atoms with van der Waals surface area (Å²) in [6.07, 6.45) is -0.987. The van der Waals surface area contributed by atoms with E-state index in [0.29, 0.717) is 11.3 Å². The maximum atomic E-state index is 12.8. The van der Waals surface area contributed by atoms with Crippen molar-refractivity contribution < 1.29 is 19.4 Å². The highest BCUT2D eigenvalue weighted by Crippen LogP contribution is 2.28. The van der Waals surface area contributed by atoms with Gasteiger partial charge in [-0.2, -0.15) is 0 Å². The van der Waals surface area contributed by atoms with Crippen LogP contribution in [0.2, 0.25) is 0 Å². The molecule has 2 N–H and O–H groups in total. The number of aryl methyl sites for hydroxylation is 2. The zero-order chi connectivity index (χ0) is 19.6. The number of ether oxygens (including phenoxy) is 1. The molecule has 1 aliphatic rings. The Morgan fingerprint density at radius 3 is 2.37 bits per heavy atom. The number of hydrogen-bond donors (Lipinski definition) is 2. The Hall–Kier alpha value is -2.86. The number of nitrogens with zero attached hydrogens (tertiary/aromatic N) is 1. The number of urea groups is 1. The summed E-state index contributed by atoms with van der Waals surface area (Å²) in [7, 11) is 0. The van der Waals surface area contributed by atoms with Gasteiger partial charge in [-0.25, -0.2) is 4.79 Å². The second-order valence-electron chi connectivity index (χ2n) is 7.13. The van der Waals surface area contributed by atoms with Gasteiger partial charge in [-0.15, -0.1) is 0 Å². The van der Waals surface area contributed by atoms with Gasteiger partial charge in [-0.05, 0) is 49.6 Å². The van der Waals surface area contributed by atoms with Crippen molar-refractivity contribution in [1.29, 1.82) is 0 Å². The zero-order valence-electron chi connectivity index (χ0n) is 15.7. The lowest BCUT2D eigenvalue weighted by molar-refractivity contribution is -0.132. The van der Waals surface area contributed by atoms with E-state index < -0.39 is 17.7 Å². The predicted octanol–water partition coefficient (Wildman–Crippen LogP) is 2.51. The molecule has 2 aromatic rings. The third-order valence-electron chi connectivity index (χ3n) is 4.66. The van der Waals surface area contributed by atoms with Gasteiger partial charge in [-0.1, -0.05) is 36.4 Å². The lowest BCUT2D eigenvalue weighted by atomic mass is 9.92. The minimum Gasteiger partial charge on any atom is -0.491 e. The van der Waals surface area contributed by atoms with Crippen molar-refractivity contribution in [3.05, 3.63) is 65.2 Å². The number of amides is 3. The molecule has 0 saturated carbocycles. The van der Waals surface area contributed by atoms with Crippen molar-refractivity contribution in [3.63, 3.8) is 0 Å². The van der Waals surface area contributed by atoms with Crippen LogP contribution in [0, 0.1) is 13.8 Å². The number of nitrogens with one attached hydrogen (secondary N) is 1. The van der Waals surface area contributed by atoms with E-state index in [1.807, 2.05) is 50.2 Å². The van der Waals surface area contributed by atoms with Crippen molar-refractivity contribution in [2.45, 2.75) is 32.4 Å². The molecule has 142 valence electrons. The highest BCUT2D eigenvalue weighted by atomic mass is 16.5. The first-order chi connectivity index (χ1) is 12.8. The van der Waals surface area contributed by atoms with Crippen LogP contribution in [0.5, 0.6) is 5.75 Å². The molecule has 0 aromatic heterocycles. The van der Waals surface area contributed by atoms with Crippen LogP contribution < -0.4 is 10.1 Å². The summed E-state index contributed by atoms with van der Waals surface area (Å²) in [6, 6.07) is 14.3. The molecule has 6 nitrogen and oxygen atoms in total. The number of carbonyl (C=O) groups is 2. The molecule has 27 heavy (non-hydrogen) atoms. The summed E-state index contributed by atoms with van der Waals surface area (Å²) in [5.41, 5.74) is 1.69.